The van der Waals surface area contributed by atoms with E-state index in [4.69, 9.17) is 0 Å². The van der Waals surface area contributed by atoms with Crippen LogP contribution in [0, 0.1) is 18.6 Å². The van der Waals surface area contributed by atoms with Gasteiger partial charge in [-0.3, -0.25) is 9.48 Å². The van der Waals surface area contributed by atoms with Gasteiger partial charge in [0.2, 0.25) is 0 Å². The molecule has 136 valence electrons. The Morgan fingerprint density at radius 1 is 1.24 bits per heavy atom. The van der Waals surface area contributed by atoms with Crippen molar-refractivity contribution in [2.24, 2.45) is 0 Å². The number of aromatic nitrogens is 2. The summed E-state index contributed by atoms with van der Waals surface area (Å²) < 4.78 is 67.8. The van der Waals surface area contributed by atoms with Crippen molar-refractivity contribution in [3.8, 4) is 0 Å². The Kier molecular flexibility index (Phi) is 5.15. The van der Waals surface area contributed by atoms with Crippen LogP contribution in [0.25, 0.3) is 0 Å². The number of carbonyl (C=O) groups is 1. The van der Waals surface area contributed by atoms with Crippen LogP contribution < -0.4 is 5.32 Å². The maximum Gasteiger partial charge on any atom is 0.435 e. The summed E-state index contributed by atoms with van der Waals surface area (Å²) in [5.74, 6) is -2.89. The van der Waals surface area contributed by atoms with Crippen molar-refractivity contribution in [3.05, 3.63) is 52.3 Å². The van der Waals surface area contributed by atoms with Crippen molar-refractivity contribution in [1.29, 1.82) is 0 Å². The molecular weight excluding hydrogens is 345 g/mol. The summed E-state index contributed by atoms with van der Waals surface area (Å²) in [7, 11) is 0. The van der Waals surface area contributed by atoms with Gasteiger partial charge in [-0.25, -0.2) is 8.78 Å². The van der Waals surface area contributed by atoms with E-state index in [0.717, 1.165) is 22.9 Å². The molecule has 0 bridgehead atoms. The quantitative estimate of drug-likeness (QED) is 0.837. The molecule has 1 heterocycles. The van der Waals surface area contributed by atoms with Crippen LogP contribution in [0.5, 0.6) is 0 Å². The van der Waals surface area contributed by atoms with E-state index < -0.39 is 53.1 Å². The lowest BCUT2D eigenvalue weighted by molar-refractivity contribution is -0.141. The van der Waals surface area contributed by atoms with Gasteiger partial charge in [0.05, 0.1) is 5.56 Å². The SMILES string of the molecule is Cc1c(C(=O)NCc2c(F)cccc2F)c(C(F)(F)F)nn1C(C)C. The van der Waals surface area contributed by atoms with E-state index in [-0.39, 0.29) is 5.69 Å². The maximum atomic E-state index is 13.6. The molecule has 0 saturated heterocycles. The van der Waals surface area contributed by atoms with Crippen LogP contribution >= 0.6 is 0 Å². The average molecular weight is 361 g/mol. The van der Waals surface area contributed by atoms with Gasteiger partial charge >= 0.3 is 6.18 Å². The van der Waals surface area contributed by atoms with Gasteiger partial charge < -0.3 is 5.32 Å². The highest BCUT2D eigenvalue weighted by Crippen LogP contribution is 2.33. The first-order valence-corrected chi connectivity index (χ1v) is 7.41. The van der Waals surface area contributed by atoms with Crippen LogP contribution in [-0.2, 0) is 12.7 Å². The maximum absolute atomic E-state index is 13.6. The molecule has 1 aromatic carbocycles. The Hall–Kier alpha value is -2.45. The first-order valence-electron chi connectivity index (χ1n) is 7.41. The number of rotatable bonds is 4. The highest BCUT2D eigenvalue weighted by Gasteiger charge is 2.41. The third kappa shape index (κ3) is 3.80. The fraction of sp³-hybridized carbons (Fsp3) is 0.375. The smallest absolute Gasteiger partial charge is 0.348 e. The van der Waals surface area contributed by atoms with E-state index >= 15 is 0 Å². The molecule has 0 aliphatic rings. The van der Waals surface area contributed by atoms with Crippen molar-refractivity contribution in [1.82, 2.24) is 15.1 Å². The lowest BCUT2D eigenvalue weighted by atomic mass is 10.1. The lowest BCUT2D eigenvalue weighted by Crippen LogP contribution is -2.27. The molecule has 0 radical (unpaired) electrons. The number of benzene rings is 1. The largest absolute Gasteiger partial charge is 0.435 e. The van der Waals surface area contributed by atoms with E-state index in [9.17, 15) is 26.7 Å². The Bertz CT molecular complexity index is 776. The zero-order valence-electron chi connectivity index (χ0n) is 13.7. The number of amides is 1. The van der Waals surface area contributed by atoms with Crippen LogP contribution in [0.15, 0.2) is 18.2 Å². The Morgan fingerprint density at radius 2 is 1.80 bits per heavy atom. The monoisotopic (exact) mass is 361 g/mol. The third-order valence-electron chi connectivity index (χ3n) is 3.62. The van der Waals surface area contributed by atoms with Gasteiger partial charge in [-0.1, -0.05) is 6.07 Å². The van der Waals surface area contributed by atoms with Crippen molar-refractivity contribution >= 4 is 5.91 Å². The van der Waals surface area contributed by atoms with Gasteiger partial charge in [0, 0.05) is 23.8 Å². The molecule has 0 unspecified atom stereocenters. The second-order valence-electron chi connectivity index (χ2n) is 5.73. The van der Waals surface area contributed by atoms with Gasteiger partial charge in [-0.05, 0) is 32.9 Å². The molecule has 0 spiro atoms. The molecule has 25 heavy (non-hydrogen) atoms. The molecule has 2 aromatic rings. The number of halogens is 5. The topological polar surface area (TPSA) is 46.9 Å². The Morgan fingerprint density at radius 3 is 2.28 bits per heavy atom. The van der Waals surface area contributed by atoms with Gasteiger partial charge in [0.1, 0.15) is 11.6 Å². The molecule has 0 saturated carbocycles. The summed E-state index contributed by atoms with van der Waals surface area (Å²) in [6.45, 7) is 3.99. The molecule has 0 aliphatic heterocycles. The highest BCUT2D eigenvalue weighted by molar-refractivity contribution is 5.96. The normalized spacial score (nSPS) is 11.9. The molecule has 0 aliphatic carbocycles. The predicted octanol–water partition coefficient (Wildman–Crippen LogP) is 4.00. The zero-order valence-corrected chi connectivity index (χ0v) is 13.7. The van der Waals surface area contributed by atoms with Crippen LogP contribution in [-0.4, -0.2) is 15.7 Å². The van der Waals surface area contributed by atoms with Crippen molar-refractivity contribution < 1.29 is 26.7 Å². The Balaban J connectivity index is 2.36. The van der Waals surface area contributed by atoms with Crippen molar-refractivity contribution in [3.63, 3.8) is 0 Å². The van der Waals surface area contributed by atoms with E-state index in [1.54, 1.807) is 13.8 Å². The lowest BCUT2D eigenvalue weighted by Gasteiger charge is -2.10. The van der Waals surface area contributed by atoms with Crippen LogP contribution in [0.4, 0.5) is 22.0 Å². The van der Waals surface area contributed by atoms with Gasteiger partial charge in [-0.2, -0.15) is 18.3 Å². The highest BCUT2D eigenvalue weighted by atomic mass is 19.4. The summed E-state index contributed by atoms with van der Waals surface area (Å²) in [4.78, 5) is 12.3. The minimum absolute atomic E-state index is 0.0221. The fourth-order valence-corrected chi connectivity index (χ4v) is 2.45. The number of carbonyl (C=O) groups excluding carboxylic acids is 1. The number of alkyl halides is 3. The average Bonchev–Trinajstić information content (AvgIpc) is 2.84. The summed E-state index contributed by atoms with van der Waals surface area (Å²) >= 11 is 0. The second kappa shape index (κ2) is 6.81. The standard InChI is InChI=1S/C16H16F5N3O/c1-8(2)24-9(3)13(14(23-24)16(19,20)21)15(25)22-7-10-11(17)5-4-6-12(10)18/h4-6,8H,7H2,1-3H3,(H,22,25). The number of hydrogen-bond acceptors (Lipinski definition) is 2. The molecule has 9 heteroatoms. The molecule has 1 aromatic heterocycles. The zero-order chi connectivity index (χ0) is 18.9. The molecule has 1 amide bonds. The van der Waals surface area contributed by atoms with E-state index in [2.05, 4.69) is 10.4 Å². The number of nitrogens with zero attached hydrogens (tertiary/aromatic N) is 2. The van der Waals surface area contributed by atoms with Gasteiger partial charge in [0.25, 0.3) is 5.91 Å². The fourth-order valence-electron chi connectivity index (χ4n) is 2.45. The summed E-state index contributed by atoms with van der Waals surface area (Å²) in [6, 6.07) is 2.74. The third-order valence-corrected chi connectivity index (χ3v) is 3.62. The summed E-state index contributed by atoms with van der Waals surface area (Å²) in [5.41, 5.74) is -2.39. The number of nitrogens with one attached hydrogen (secondary N) is 1. The first-order chi connectivity index (χ1) is 11.5. The van der Waals surface area contributed by atoms with E-state index in [1.807, 2.05) is 0 Å². The number of hydrogen-bond donors (Lipinski definition) is 1. The predicted molar refractivity (Wildman–Crippen MR) is 79.9 cm³/mol. The molecule has 0 fully saturated rings. The summed E-state index contributed by atoms with van der Waals surface area (Å²) in [5, 5.41) is 5.60. The molecule has 0 atom stereocenters. The molecule has 4 nitrogen and oxygen atoms in total. The second-order valence-corrected chi connectivity index (χ2v) is 5.73. The Labute approximate surface area is 140 Å². The van der Waals surface area contributed by atoms with Crippen LogP contribution in [0.3, 0.4) is 0 Å². The van der Waals surface area contributed by atoms with Gasteiger partial charge in [0.15, 0.2) is 5.69 Å². The summed E-state index contributed by atoms with van der Waals surface area (Å²) in [6.07, 6.45) is -4.83. The van der Waals surface area contributed by atoms with Crippen LogP contribution in [0.2, 0.25) is 0 Å². The molecular formula is C16H16F5N3O. The van der Waals surface area contributed by atoms with Crippen molar-refractivity contribution in [2.75, 3.05) is 0 Å². The van der Waals surface area contributed by atoms with Crippen LogP contribution in [0.1, 0.15) is 47.2 Å². The molecule has 1 N–H and O–H groups in total. The van der Waals surface area contributed by atoms with E-state index in [0.29, 0.717) is 0 Å². The first kappa shape index (κ1) is 18.9. The minimum Gasteiger partial charge on any atom is -0.348 e. The van der Waals surface area contributed by atoms with Crippen molar-refractivity contribution in [2.45, 2.75) is 39.5 Å². The van der Waals surface area contributed by atoms with E-state index in [1.165, 1.54) is 6.92 Å². The minimum atomic E-state index is -4.83. The van der Waals surface area contributed by atoms with Gasteiger partial charge in [-0.15, -0.1) is 0 Å². The molecule has 2 rings (SSSR count).